The van der Waals surface area contributed by atoms with Crippen LogP contribution in [0.15, 0.2) is 4.90 Å². The highest BCUT2D eigenvalue weighted by Crippen LogP contribution is 2.34. The summed E-state index contributed by atoms with van der Waals surface area (Å²) in [5.41, 5.74) is 1.09. The van der Waals surface area contributed by atoms with Gasteiger partial charge < -0.3 is 9.47 Å². The molecule has 3 rings (SSSR count). The zero-order valence-corrected chi connectivity index (χ0v) is 12.5. The lowest BCUT2D eigenvalue weighted by Crippen LogP contribution is -2.47. The second-order valence-corrected chi connectivity index (χ2v) is 7.15. The maximum atomic E-state index is 12.7. The summed E-state index contributed by atoms with van der Waals surface area (Å²) in [4.78, 5) is 0.293. The molecule has 2 aliphatic heterocycles. The molecular weight excluding hydrogens is 282 g/mol. The van der Waals surface area contributed by atoms with Crippen LogP contribution in [0.25, 0.3) is 0 Å². The van der Waals surface area contributed by atoms with E-state index in [1.54, 1.807) is 13.8 Å². The summed E-state index contributed by atoms with van der Waals surface area (Å²) >= 11 is 0. The first-order valence-corrected chi connectivity index (χ1v) is 8.18. The third-order valence-electron chi connectivity index (χ3n) is 3.96. The second kappa shape index (κ2) is 4.80. The van der Waals surface area contributed by atoms with Gasteiger partial charge in [0.15, 0.2) is 5.79 Å². The molecule has 7 nitrogen and oxygen atoms in total. The lowest BCUT2D eigenvalue weighted by atomic mass is 10.1. The van der Waals surface area contributed by atoms with Gasteiger partial charge in [-0.25, -0.2) is 8.42 Å². The number of aryl methyl sites for hydroxylation is 2. The van der Waals surface area contributed by atoms with Gasteiger partial charge in [-0.2, -0.15) is 9.40 Å². The highest BCUT2D eigenvalue weighted by Gasteiger charge is 2.43. The van der Waals surface area contributed by atoms with Gasteiger partial charge in [-0.05, 0) is 13.8 Å². The highest BCUT2D eigenvalue weighted by atomic mass is 32.2. The molecule has 0 atom stereocenters. The van der Waals surface area contributed by atoms with Gasteiger partial charge in [-0.3, -0.25) is 5.10 Å². The van der Waals surface area contributed by atoms with Crippen LogP contribution in [-0.4, -0.2) is 55.0 Å². The number of aromatic nitrogens is 2. The van der Waals surface area contributed by atoms with Gasteiger partial charge in [0, 0.05) is 25.9 Å². The Labute approximate surface area is 118 Å². The Bertz CT molecular complexity index is 575. The van der Waals surface area contributed by atoms with Gasteiger partial charge in [0.25, 0.3) is 0 Å². The van der Waals surface area contributed by atoms with Gasteiger partial charge in [0.05, 0.1) is 24.6 Å². The molecule has 1 aromatic rings. The molecule has 3 heterocycles. The lowest BCUT2D eigenvalue weighted by Gasteiger charge is -2.36. The molecule has 8 heteroatoms. The monoisotopic (exact) mass is 301 g/mol. The molecule has 2 aliphatic rings. The molecule has 2 saturated heterocycles. The van der Waals surface area contributed by atoms with Crippen LogP contribution >= 0.6 is 0 Å². The van der Waals surface area contributed by atoms with Crippen molar-refractivity contribution in [2.45, 2.75) is 37.4 Å². The van der Waals surface area contributed by atoms with Crippen molar-refractivity contribution in [3.63, 3.8) is 0 Å². The topological polar surface area (TPSA) is 84.5 Å². The number of nitrogens with zero attached hydrogens (tertiary/aromatic N) is 2. The van der Waals surface area contributed by atoms with Gasteiger partial charge in [0.1, 0.15) is 4.90 Å². The van der Waals surface area contributed by atoms with Crippen molar-refractivity contribution in [1.29, 1.82) is 0 Å². The molecular formula is C12H19N3O4S. The Morgan fingerprint density at radius 2 is 1.80 bits per heavy atom. The molecule has 0 aromatic carbocycles. The smallest absolute Gasteiger partial charge is 0.246 e. The van der Waals surface area contributed by atoms with Gasteiger partial charge in [-0.15, -0.1) is 0 Å². The molecule has 2 fully saturated rings. The van der Waals surface area contributed by atoms with Crippen molar-refractivity contribution in [3.8, 4) is 0 Å². The molecule has 1 spiro atoms. The zero-order chi connectivity index (χ0) is 14.4. The molecule has 1 N–H and O–H groups in total. The Morgan fingerprint density at radius 3 is 2.30 bits per heavy atom. The number of rotatable bonds is 2. The van der Waals surface area contributed by atoms with E-state index in [2.05, 4.69) is 10.2 Å². The predicted molar refractivity (Wildman–Crippen MR) is 70.7 cm³/mol. The average molecular weight is 301 g/mol. The first-order chi connectivity index (χ1) is 9.45. The van der Waals surface area contributed by atoms with Crippen LogP contribution in [0, 0.1) is 13.8 Å². The Hall–Kier alpha value is -0.960. The van der Waals surface area contributed by atoms with Crippen molar-refractivity contribution in [2.75, 3.05) is 26.3 Å². The first kappa shape index (κ1) is 14.0. The fraction of sp³-hybridized carbons (Fsp3) is 0.750. The van der Waals surface area contributed by atoms with Crippen molar-refractivity contribution >= 4 is 10.0 Å². The lowest BCUT2D eigenvalue weighted by molar-refractivity contribution is -0.179. The minimum atomic E-state index is -3.50. The van der Waals surface area contributed by atoms with E-state index in [0.29, 0.717) is 55.4 Å². The zero-order valence-electron chi connectivity index (χ0n) is 11.7. The van der Waals surface area contributed by atoms with Crippen LogP contribution in [0.1, 0.15) is 24.2 Å². The Balaban J connectivity index is 1.80. The number of ether oxygens (including phenoxy) is 2. The highest BCUT2D eigenvalue weighted by molar-refractivity contribution is 7.89. The van der Waals surface area contributed by atoms with E-state index in [-0.39, 0.29) is 0 Å². The van der Waals surface area contributed by atoms with Crippen LogP contribution in [-0.2, 0) is 19.5 Å². The quantitative estimate of drug-likeness (QED) is 0.862. The van der Waals surface area contributed by atoms with Crippen molar-refractivity contribution < 1.29 is 17.9 Å². The molecule has 0 saturated carbocycles. The summed E-state index contributed by atoms with van der Waals surface area (Å²) < 4.78 is 38.1. The summed E-state index contributed by atoms with van der Waals surface area (Å²) in [7, 11) is -3.50. The number of hydrogen-bond donors (Lipinski definition) is 1. The van der Waals surface area contributed by atoms with Crippen molar-refractivity contribution in [1.82, 2.24) is 14.5 Å². The van der Waals surface area contributed by atoms with Crippen molar-refractivity contribution in [3.05, 3.63) is 11.4 Å². The van der Waals surface area contributed by atoms with Crippen LogP contribution in [0.3, 0.4) is 0 Å². The third-order valence-corrected chi connectivity index (χ3v) is 6.12. The van der Waals surface area contributed by atoms with E-state index in [1.165, 1.54) is 4.31 Å². The minimum absolute atomic E-state index is 0.293. The summed E-state index contributed by atoms with van der Waals surface area (Å²) in [6.45, 7) is 5.42. The largest absolute Gasteiger partial charge is 0.347 e. The number of sulfonamides is 1. The summed E-state index contributed by atoms with van der Waals surface area (Å²) in [6, 6.07) is 0. The van der Waals surface area contributed by atoms with E-state index in [0.717, 1.165) is 0 Å². The van der Waals surface area contributed by atoms with E-state index < -0.39 is 15.8 Å². The minimum Gasteiger partial charge on any atom is -0.347 e. The molecule has 0 radical (unpaired) electrons. The maximum Gasteiger partial charge on any atom is 0.246 e. The van der Waals surface area contributed by atoms with E-state index in [4.69, 9.17) is 9.47 Å². The van der Waals surface area contributed by atoms with Crippen LogP contribution in [0.4, 0.5) is 0 Å². The van der Waals surface area contributed by atoms with Gasteiger partial charge in [0.2, 0.25) is 10.0 Å². The maximum absolute atomic E-state index is 12.7. The third kappa shape index (κ3) is 2.16. The number of aromatic amines is 1. The van der Waals surface area contributed by atoms with Crippen LogP contribution in [0.2, 0.25) is 0 Å². The fourth-order valence-electron chi connectivity index (χ4n) is 2.90. The Kier molecular flexibility index (Phi) is 3.36. The predicted octanol–water partition coefficient (Wildman–Crippen LogP) is 0.554. The molecule has 20 heavy (non-hydrogen) atoms. The number of H-pyrrole nitrogens is 1. The normalized spacial score (nSPS) is 23.5. The van der Waals surface area contributed by atoms with Crippen LogP contribution < -0.4 is 0 Å². The van der Waals surface area contributed by atoms with E-state index in [9.17, 15) is 8.42 Å². The van der Waals surface area contributed by atoms with Crippen LogP contribution in [0.5, 0.6) is 0 Å². The number of hydrogen-bond acceptors (Lipinski definition) is 5. The SMILES string of the molecule is Cc1n[nH]c(C)c1S(=O)(=O)N1CCC2(CC1)OCCO2. The second-order valence-electron chi connectivity index (χ2n) is 5.27. The van der Waals surface area contributed by atoms with Gasteiger partial charge >= 0.3 is 0 Å². The molecule has 1 aromatic heterocycles. The molecule has 0 unspecified atom stereocenters. The standard InChI is InChI=1S/C12H19N3O4S/c1-9-11(10(2)14-13-9)20(16,17)15-5-3-12(4-6-15)18-7-8-19-12/h3-8H2,1-2H3,(H,13,14). The number of piperidine rings is 1. The van der Waals surface area contributed by atoms with E-state index in [1.807, 2.05) is 0 Å². The van der Waals surface area contributed by atoms with Crippen molar-refractivity contribution in [2.24, 2.45) is 0 Å². The molecule has 112 valence electrons. The van der Waals surface area contributed by atoms with E-state index >= 15 is 0 Å². The molecule has 0 amide bonds. The van der Waals surface area contributed by atoms with Gasteiger partial charge in [-0.1, -0.05) is 0 Å². The Morgan fingerprint density at radius 1 is 1.20 bits per heavy atom. The average Bonchev–Trinajstić information content (AvgIpc) is 2.98. The summed E-state index contributed by atoms with van der Waals surface area (Å²) in [6.07, 6.45) is 1.14. The fourth-order valence-corrected chi connectivity index (χ4v) is 4.68. The molecule has 0 aliphatic carbocycles. The summed E-state index contributed by atoms with van der Waals surface area (Å²) in [5, 5.41) is 6.69. The molecule has 0 bridgehead atoms. The number of nitrogens with one attached hydrogen (secondary N) is 1. The summed E-state index contributed by atoms with van der Waals surface area (Å²) in [5.74, 6) is -0.563. The first-order valence-electron chi connectivity index (χ1n) is 6.74.